The van der Waals surface area contributed by atoms with Gasteiger partial charge < -0.3 is 10.6 Å². The van der Waals surface area contributed by atoms with Crippen LogP contribution in [0.4, 0.5) is 18.9 Å². The van der Waals surface area contributed by atoms with E-state index in [2.05, 4.69) is 0 Å². The summed E-state index contributed by atoms with van der Waals surface area (Å²) >= 11 is 0. The van der Waals surface area contributed by atoms with E-state index in [1.807, 2.05) is 11.9 Å². The van der Waals surface area contributed by atoms with Crippen LogP contribution in [0, 0.1) is 0 Å². The second kappa shape index (κ2) is 5.41. The van der Waals surface area contributed by atoms with Crippen LogP contribution in [-0.4, -0.2) is 19.1 Å². The second-order valence-corrected chi connectivity index (χ2v) is 5.17. The molecule has 0 aromatic heterocycles. The number of nitrogens with zero attached hydrogens (tertiary/aromatic N) is 1. The van der Waals surface area contributed by atoms with E-state index in [-0.39, 0.29) is 12.1 Å². The highest BCUT2D eigenvalue weighted by atomic mass is 19.4. The number of hydrogen-bond donors (Lipinski definition) is 1. The van der Waals surface area contributed by atoms with Crippen molar-refractivity contribution in [2.45, 2.75) is 43.9 Å². The largest absolute Gasteiger partial charge is 0.416 e. The maximum atomic E-state index is 12.5. The summed E-state index contributed by atoms with van der Waals surface area (Å²) in [5.74, 6) is 0. The first-order valence-electron chi connectivity index (χ1n) is 6.55. The number of nitrogens with two attached hydrogens (primary N) is 1. The Labute approximate surface area is 111 Å². The van der Waals surface area contributed by atoms with E-state index in [1.54, 1.807) is 0 Å². The molecule has 0 saturated heterocycles. The normalized spacial score (nSPS) is 24.3. The maximum absolute atomic E-state index is 12.5. The molecule has 0 amide bonds. The highest BCUT2D eigenvalue weighted by Gasteiger charge is 2.31. The molecule has 1 fully saturated rings. The van der Waals surface area contributed by atoms with Gasteiger partial charge >= 0.3 is 6.18 Å². The molecule has 2 unspecified atom stereocenters. The quantitative estimate of drug-likeness (QED) is 0.894. The molecule has 2 rings (SSSR count). The lowest BCUT2D eigenvalue weighted by Gasteiger charge is -2.37. The lowest BCUT2D eigenvalue weighted by atomic mass is 9.90. The topological polar surface area (TPSA) is 29.3 Å². The number of anilines is 1. The van der Waals surface area contributed by atoms with Gasteiger partial charge in [-0.1, -0.05) is 12.8 Å². The number of rotatable bonds is 2. The fraction of sp³-hybridized carbons (Fsp3) is 0.571. The van der Waals surface area contributed by atoms with Gasteiger partial charge in [-0.3, -0.25) is 0 Å². The molecule has 106 valence electrons. The summed E-state index contributed by atoms with van der Waals surface area (Å²) < 4.78 is 37.5. The Morgan fingerprint density at radius 2 is 1.68 bits per heavy atom. The van der Waals surface area contributed by atoms with Gasteiger partial charge in [-0.25, -0.2) is 0 Å². The van der Waals surface area contributed by atoms with Crippen molar-refractivity contribution in [2.75, 3.05) is 11.9 Å². The van der Waals surface area contributed by atoms with Crippen LogP contribution in [0.5, 0.6) is 0 Å². The highest BCUT2D eigenvalue weighted by Crippen LogP contribution is 2.31. The number of benzene rings is 1. The van der Waals surface area contributed by atoms with E-state index in [0.29, 0.717) is 0 Å². The first kappa shape index (κ1) is 14.2. The second-order valence-electron chi connectivity index (χ2n) is 5.17. The predicted molar refractivity (Wildman–Crippen MR) is 70.1 cm³/mol. The number of likely N-dealkylation sites (N-methyl/N-ethyl adjacent to an activating group) is 1. The van der Waals surface area contributed by atoms with Crippen molar-refractivity contribution in [3.63, 3.8) is 0 Å². The summed E-state index contributed by atoms with van der Waals surface area (Å²) in [6.45, 7) is 0. The summed E-state index contributed by atoms with van der Waals surface area (Å²) in [6.07, 6.45) is -0.0332. The molecule has 5 heteroatoms. The van der Waals surface area contributed by atoms with Crippen molar-refractivity contribution in [1.29, 1.82) is 0 Å². The molecule has 1 saturated carbocycles. The van der Waals surface area contributed by atoms with Crippen LogP contribution in [0.1, 0.15) is 31.2 Å². The lowest BCUT2D eigenvalue weighted by molar-refractivity contribution is -0.137. The first-order valence-corrected chi connectivity index (χ1v) is 6.55. The van der Waals surface area contributed by atoms with Crippen molar-refractivity contribution in [3.05, 3.63) is 29.8 Å². The van der Waals surface area contributed by atoms with Crippen molar-refractivity contribution < 1.29 is 13.2 Å². The molecule has 0 radical (unpaired) electrons. The summed E-state index contributed by atoms with van der Waals surface area (Å²) in [5.41, 5.74) is 6.27. The lowest BCUT2D eigenvalue weighted by Crippen LogP contribution is -2.48. The van der Waals surface area contributed by atoms with Crippen molar-refractivity contribution in [3.8, 4) is 0 Å². The molecule has 2 atom stereocenters. The molecule has 19 heavy (non-hydrogen) atoms. The van der Waals surface area contributed by atoms with Gasteiger partial charge in [0.2, 0.25) is 0 Å². The summed E-state index contributed by atoms with van der Waals surface area (Å²) in [4.78, 5) is 2.00. The van der Waals surface area contributed by atoms with E-state index < -0.39 is 11.7 Å². The first-order chi connectivity index (χ1) is 8.89. The van der Waals surface area contributed by atoms with Gasteiger partial charge in [0.1, 0.15) is 0 Å². The van der Waals surface area contributed by atoms with Gasteiger partial charge in [0.05, 0.1) is 5.56 Å². The number of alkyl halides is 3. The fourth-order valence-electron chi connectivity index (χ4n) is 2.70. The van der Waals surface area contributed by atoms with Crippen LogP contribution < -0.4 is 10.6 Å². The van der Waals surface area contributed by atoms with E-state index in [4.69, 9.17) is 5.73 Å². The predicted octanol–water partition coefficient (Wildman–Crippen LogP) is 3.41. The van der Waals surface area contributed by atoms with E-state index in [0.717, 1.165) is 43.5 Å². The summed E-state index contributed by atoms with van der Waals surface area (Å²) in [6, 6.07) is 5.60. The van der Waals surface area contributed by atoms with Gasteiger partial charge in [-0.2, -0.15) is 13.2 Å². The zero-order chi connectivity index (χ0) is 14.0. The van der Waals surface area contributed by atoms with E-state index >= 15 is 0 Å². The Morgan fingerprint density at radius 3 is 2.21 bits per heavy atom. The third kappa shape index (κ3) is 3.21. The molecule has 2 N–H and O–H groups in total. The molecular formula is C14H19F3N2. The van der Waals surface area contributed by atoms with Crippen LogP contribution in [-0.2, 0) is 6.18 Å². The zero-order valence-electron chi connectivity index (χ0n) is 11.0. The third-order valence-electron chi connectivity index (χ3n) is 3.88. The van der Waals surface area contributed by atoms with Crippen LogP contribution in [0.25, 0.3) is 0 Å². The molecule has 0 spiro atoms. The molecular weight excluding hydrogens is 253 g/mol. The number of halogens is 3. The maximum Gasteiger partial charge on any atom is 0.416 e. The molecule has 2 nitrogen and oxygen atoms in total. The van der Waals surface area contributed by atoms with Gasteiger partial charge in [0.15, 0.2) is 0 Å². The average Bonchev–Trinajstić information content (AvgIpc) is 2.38. The Kier molecular flexibility index (Phi) is 4.04. The van der Waals surface area contributed by atoms with Crippen molar-refractivity contribution in [2.24, 2.45) is 5.73 Å². The van der Waals surface area contributed by atoms with Gasteiger partial charge in [-0.15, -0.1) is 0 Å². The smallest absolute Gasteiger partial charge is 0.370 e. The van der Waals surface area contributed by atoms with Crippen LogP contribution in [0.2, 0.25) is 0 Å². The Bertz CT molecular complexity index is 414. The van der Waals surface area contributed by atoms with Crippen molar-refractivity contribution >= 4 is 5.69 Å². The SMILES string of the molecule is CN(c1ccc(C(F)(F)F)cc1)C1CCCCC1N. The van der Waals surface area contributed by atoms with Gasteiger partial charge in [0, 0.05) is 24.8 Å². The minimum Gasteiger partial charge on any atom is -0.370 e. The van der Waals surface area contributed by atoms with Crippen LogP contribution >= 0.6 is 0 Å². The van der Waals surface area contributed by atoms with Crippen LogP contribution in [0.3, 0.4) is 0 Å². The van der Waals surface area contributed by atoms with Gasteiger partial charge in [-0.05, 0) is 37.1 Å². The van der Waals surface area contributed by atoms with Crippen LogP contribution in [0.15, 0.2) is 24.3 Å². The van der Waals surface area contributed by atoms with Crippen molar-refractivity contribution in [1.82, 2.24) is 0 Å². The monoisotopic (exact) mass is 272 g/mol. The third-order valence-corrected chi connectivity index (χ3v) is 3.88. The molecule has 1 aliphatic rings. The Morgan fingerprint density at radius 1 is 1.11 bits per heavy atom. The Balaban J connectivity index is 2.13. The molecule has 1 aliphatic carbocycles. The number of hydrogen-bond acceptors (Lipinski definition) is 2. The standard InChI is InChI=1S/C14H19F3N2/c1-19(13-5-3-2-4-12(13)18)11-8-6-10(7-9-11)14(15,16)17/h6-9,12-13H,2-5,18H2,1H3. The Hall–Kier alpha value is -1.23. The van der Waals surface area contributed by atoms with E-state index in [1.165, 1.54) is 12.1 Å². The molecule has 0 heterocycles. The minimum atomic E-state index is -4.28. The summed E-state index contributed by atoms with van der Waals surface area (Å²) in [7, 11) is 1.90. The molecule has 0 aliphatic heterocycles. The molecule has 0 bridgehead atoms. The zero-order valence-corrected chi connectivity index (χ0v) is 11.0. The van der Waals surface area contributed by atoms with E-state index in [9.17, 15) is 13.2 Å². The minimum absolute atomic E-state index is 0.0982. The highest BCUT2D eigenvalue weighted by molar-refractivity contribution is 5.48. The average molecular weight is 272 g/mol. The van der Waals surface area contributed by atoms with Gasteiger partial charge in [0.25, 0.3) is 0 Å². The molecule has 1 aromatic carbocycles. The fourth-order valence-corrected chi connectivity index (χ4v) is 2.70. The molecule has 1 aromatic rings. The summed E-state index contributed by atoms with van der Waals surface area (Å²) in [5, 5.41) is 0.